The molecule has 0 bridgehead atoms. The van der Waals surface area contributed by atoms with Crippen LogP contribution in [0.25, 0.3) is 0 Å². The van der Waals surface area contributed by atoms with Crippen molar-refractivity contribution in [3.8, 4) is 0 Å². The van der Waals surface area contributed by atoms with Crippen LogP contribution in [0.5, 0.6) is 0 Å². The molecule has 1 N–H and O–H groups in total. The molecule has 0 aliphatic heterocycles. The third-order valence-corrected chi connectivity index (χ3v) is 4.27. The second-order valence-electron chi connectivity index (χ2n) is 5.06. The molecule has 1 aliphatic carbocycles. The molecule has 1 aliphatic rings. The van der Waals surface area contributed by atoms with Crippen molar-refractivity contribution in [1.29, 1.82) is 0 Å². The van der Waals surface area contributed by atoms with Gasteiger partial charge in [0.05, 0.1) is 10.7 Å². The van der Waals surface area contributed by atoms with Crippen LogP contribution in [0.4, 0.5) is 0 Å². The Kier molecular flexibility index (Phi) is 3.98. The summed E-state index contributed by atoms with van der Waals surface area (Å²) in [5, 5.41) is 4.88. The summed E-state index contributed by atoms with van der Waals surface area (Å²) in [4.78, 5) is 6.08. The van der Waals surface area contributed by atoms with Crippen LogP contribution >= 0.6 is 11.3 Å². The van der Waals surface area contributed by atoms with Crippen molar-refractivity contribution in [2.75, 3.05) is 0 Å². The second-order valence-corrected chi connectivity index (χ2v) is 6.35. The van der Waals surface area contributed by atoms with Crippen LogP contribution in [0.15, 0.2) is 0 Å². The number of rotatable bonds is 4. The van der Waals surface area contributed by atoms with E-state index >= 15 is 0 Å². The molecule has 1 aromatic rings. The fourth-order valence-electron chi connectivity index (χ4n) is 2.43. The van der Waals surface area contributed by atoms with Crippen LogP contribution in [0.3, 0.4) is 0 Å². The topological polar surface area (TPSA) is 24.9 Å². The van der Waals surface area contributed by atoms with Gasteiger partial charge in [-0.3, -0.25) is 0 Å². The van der Waals surface area contributed by atoms with Crippen molar-refractivity contribution in [2.45, 2.75) is 65.0 Å². The maximum absolute atomic E-state index is 4.63. The van der Waals surface area contributed by atoms with Gasteiger partial charge in [-0.1, -0.05) is 26.7 Å². The third kappa shape index (κ3) is 2.83. The molecule has 3 heteroatoms. The first-order chi connectivity index (χ1) is 7.66. The average Bonchev–Trinajstić information content (AvgIpc) is 2.83. The van der Waals surface area contributed by atoms with E-state index < -0.39 is 0 Å². The molecular weight excluding hydrogens is 216 g/mol. The van der Waals surface area contributed by atoms with Crippen LogP contribution in [-0.4, -0.2) is 11.0 Å². The molecule has 90 valence electrons. The average molecular weight is 238 g/mol. The summed E-state index contributed by atoms with van der Waals surface area (Å²) in [6.07, 6.45) is 5.51. The Balaban J connectivity index is 1.97. The predicted octanol–water partition coefficient (Wildman–Crippen LogP) is 3.61. The normalized spacial score (nSPS) is 17.5. The maximum Gasteiger partial charge on any atom is 0.0900 e. The molecule has 2 nitrogen and oxygen atoms in total. The molecule has 0 saturated heterocycles. The summed E-state index contributed by atoms with van der Waals surface area (Å²) in [6.45, 7) is 7.58. The molecule has 0 amide bonds. The van der Waals surface area contributed by atoms with Crippen molar-refractivity contribution in [3.63, 3.8) is 0 Å². The van der Waals surface area contributed by atoms with E-state index in [1.807, 2.05) is 11.3 Å². The molecule has 1 fully saturated rings. The number of nitrogens with one attached hydrogen (secondary N) is 1. The lowest BCUT2D eigenvalue weighted by molar-refractivity contribution is 0.524. The van der Waals surface area contributed by atoms with Gasteiger partial charge in [-0.05, 0) is 25.7 Å². The molecule has 1 heterocycles. The number of aryl methyl sites for hydroxylation is 1. The van der Waals surface area contributed by atoms with E-state index in [1.54, 1.807) is 0 Å². The minimum absolute atomic E-state index is 0.547. The van der Waals surface area contributed by atoms with E-state index in [-0.39, 0.29) is 0 Å². The molecule has 1 saturated carbocycles. The van der Waals surface area contributed by atoms with Crippen molar-refractivity contribution in [3.05, 3.63) is 15.6 Å². The molecule has 2 rings (SSSR count). The van der Waals surface area contributed by atoms with Crippen molar-refractivity contribution in [2.24, 2.45) is 0 Å². The number of aromatic nitrogens is 1. The van der Waals surface area contributed by atoms with Gasteiger partial charge in [0.1, 0.15) is 0 Å². The van der Waals surface area contributed by atoms with E-state index in [0.717, 1.165) is 12.6 Å². The van der Waals surface area contributed by atoms with Gasteiger partial charge in [0.15, 0.2) is 0 Å². The van der Waals surface area contributed by atoms with E-state index in [9.17, 15) is 0 Å². The maximum atomic E-state index is 4.63. The molecular formula is C13H22N2S. The first kappa shape index (κ1) is 12.1. The summed E-state index contributed by atoms with van der Waals surface area (Å²) in [5.74, 6) is 0.547. The van der Waals surface area contributed by atoms with Gasteiger partial charge in [0, 0.05) is 17.5 Å². The number of hydrogen-bond donors (Lipinski definition) is 1. The SMILES string of the molecule is Cc1nc(C(C)C)c(CNC2CCCC2)s1. The quantitative estimate of drug-likeness (QED) is 0.867. The van der Waals surface area contributed by atoms with Crippen LogP contribution < -0.4 is 5.32 Å². The first-order valence-electron chi connectivity index (χ1n) is 6.36. The van der Waals surface area contributed by atoms with Gasteiger partial charge in [-0.2, -0.15) is 0 Å². The van der Waals surface area contributed by atoms with Crippen molar-refractivity contribution >= 4 is 11.3 Å². The largest absolute Gasteiger partial charge is 0.309 e. The highest BCUT2D eigenvalue weighted by Crippen LogP contribution is 2.25. The smallest absolute Gasteiger partial charge is 0.0900 e. The first-order valence-corrected chi connectivity index (χ1v) is 7.18. The summed E-state index contributed by atoms with van der Waals surface area (Å²) in [6, 6.07) is 0.752. The summed E-state index contributed by atoms with van der Waals surface area (Å²) in [7, 11) is 0. The predicted molar refractivity (Wildman–Crippen MR) is 70.0 cm³/mol. The van der Waals surface area contributed by atoms with E-state index in [4.69, 9.17) is 0 Å². The minimum atomic E-state index is 0.547. The zero-order chi connectivity index (χ0) is 11.5. The molecule has 0 unspecified atom stereocenters. The highest BCUT2D eigenvalue weighted by molar-refractivity contribution is 7.11. The van der Waals surface area contributed by atoms with Crippen molar-refractivity contribution < 1.29 is 0 Å². The monoisotopic (exact) mass is 238 g/mol. The van der Waals surface area contributed by atoms with Crippen LogP contribution in [0, 0.1) is 6.92 Å². The Morgan fingerprint density at radius 2 is 2.06 bits per heavy atom. The van der Waals surface area contributed by atoms with Gasteiger partial charge >= 0.3 is 0 Å². The Bertz CT molecular complexity index is 338. The van der Waals surface area contributed by atoms with E-state index in [2.05, 4.69) is 31.1 Å². The molecule has 0 atom stereocenters. The lowest BCUT2D eigenvalue weighted by Gasteiger charge is -2.12. The van der Waals surface area contributed by atoms with E-state index in [1.165, 1.54) is 41.3 Å². The van der Waals surface area contributed by atoms with Gasteiger partial charge in [-0.15, -0.1) is 11.3 Å². The zero-order valence-electron chi connectivity index (χ0n) is 10.5. The highest BCUT2D eigenvalue weighted by atomic mass is 32.1. The standard InChI is InChI=1S/C13H22N2S/c1-9(2)13-12(16-10(3)15-13)8-14-11-6-4-5-7-11/h9,11,14H,4-8H2,1-3H3. The minimum Gasteiger partial charge on any atom is -0.309 e. The molecule has 0 spiro atoms. The van der Waals surface area contributed by atoms with Gasteiger partial charge in [-0.25, -0.2) is 4.98 Å². The molecule has 16 heavy (non-hydrogen) atoms. The fraction of sp³-hybridized carbons (Fsp3) is 0.769. The van der Waals surface area contributed by atoms with Crippen LogP contribution in [0.1, 0.15) is 61.0 Å². The van der Waals surface area contributed by atoms with Gasteiger partial charge in [0.25, 0.3) is 0 Å². The summed E-state index contributed by atoms with van der Waals surface area (Å²) in [5.41, 5.74) is 1.30. The lowest BCUT2D eigenvalue weighted by atomic mass is 10.1. The third-order valence-electron chi connectivity index (χ3n) is 3.29. The van der Waals surface area contributed by atoms with E-state index in [0.29, 0.717) is 5.92 Å². The number of thiazole rings is 1. The summed E-state index contributed by atoms with van der Waals surface area (Å²) >= 11 is 1.85. The number of nitrogens with zero attached hydrogens (tertiary/aromatic N) is 1. The fourth-order valence-corrected chi connectivity index (χ4v) is 3.47. The van der Waals surface area contributed by atoms with Gasteiger partial charge in [0.2, 0.25) is 0 Å². The highest BCUT2D eigenvalue weighted by Gasteiger charge is 2.17. The van der Waals surface area contributed by atoms with Gasteiger partial charge < -0.3 is 5.32 Å². The Morgan fingerprint density at radius 3 is 2.69 bits per heavy atom. The Morgan fingerprint density at radius 1 is 1.38 bits per heavy atom. The van der Waals surface area contributed by atoms with Crippen molar-refractivity contribution in [1.82, 2.24) is 10.3 Å². The Labute approximate surface area is 102 Å². The molecule has 0 aromatic carbocycles. The Hall–Kier alpha value is -0.410. The zero-order valence-corrected chi connectivity index (χ0v) is 11.4. The molecule has 1 aromatic heterocycles. The van der Waals surface area contributed by atoms with Crippen LogP contribution in [-0.2, 0) is 6.54 Å². The lowest BCUT2D eigenvalue weighted by Crippen LogP contribution is -2.25. The molecule has 0 radical (unpaired) electrons. The number of hydrogen-bond acceptors (Lipinski definition) is 3. The van der Waals surface area contributed by atoms with Crippen LogP contribution in [0.2, 0.25) is 0 Å². The second kappa shape index (κ2) is 5.28. The summed E-state index contributed by atoms with van der Waals surface area (Å²) < 4.78 is 0.